The number of nitrogens with one attached hydrogen (secondary N) is 1. The van der Waals surface area contributed by atoms with Crippen molar-refractivity contribution in [3.8, 4) is 0 Å². The summed E-state index contributed by atoms with van der Waals surface area (Å²) in [5, 5.41) is 14.0. The molecule has 2 unspecified atom stereocenters. The second kappa shape index (κ2) is 7.24. The number of benzene rings is 2. The molecule has 2 N–H and O–H groups in total. The number of fused-ring (bicyclic) bond motifs is 1. The molecule has 2 atom stereocenters. The van der Waals surface area contributed by atoms with Crippen molar-refractivity contribution in [2.24, 2.45) is 0 Å². The highest BCUT2D eigenvalue weighted by molar-refractivity contribution is 5.77. The van der Waals surface area contributed by atoms with E-state index in [1.54, 1.807) is 0 Å². The third-order valence-electron chi connectivity index (χ3n) is 4.68. The molecule has 2 aromatic rings. The first-order valence-corrected chi connectivity index (χ1v) is 8.63. The molecule has 0 radical (unpaired) electrons. The first kappa shape index (κ1) is 16.8. The molecule has 24 heavy (non-hydrogen) atoms. The molecule has 128 valence electrons. The molecule has 0 aliphatic carbocycles. The predicted molar refractivity (Wildman–Crippen MR) is 101 cm³/mol. The van der Waals surface area contributed by atoms with Crippen LogP contribution in [0.15, 0.2) is 54.6 Å². The standard InChI is InChI=1S/C20H27N3O/c1-15(2)22-14-23(18-12-8-7-11-17(18)22)20(19(24)13-21-3)16-9-5-4-6-10-16/h4-12,15,19-21,24H,13-14H2,1-3H3. The van der Waals surface area contributed by atoms with Crippen LogP contribution < -0.4 is 15.1 Å². The first-order valence-electron chi connectivity index (χ1n) is 8.63. The van der Waals surface area contributed by atoms with Crippen molar-refractivity contribution in [2.45, 2.75) is 32.0 Å². The smallest absolute Gasteiger partial charge is 0.0914 e. The van der Waals surface area contributed by atoms with Crippen LogP contribution in [-0.4, -0.2) is 37.5 Å². The van der Waals surface area contributed by atoms with E-state index in [1.807, 2.05) is 25.2 Å². The highest BCUT2D eigenvalue weighted by Gasteiger charge is 2.35. The van der Waals surface area contributed by atoms with E-state index in [0.29, 0.717) is 12.6 Å². The minimum absolute atomic E-state index is 0.0800. The van der Waals surface area contributed by atoms with Crippen LogP contribution in [0.25, 0.3) is 0 Å². The number of aliphatic hydroxyl groups excluding tert-OH is 1. The Labute approximate surface area is 144 Å². The molecule has 0 bridgehead atoms. The number of hydrogen-bond acceptors (Lipinski definition) is 4. The fourth-order valence-corrected chi connectivity index (χ4v) is 3.53. The Hall–Kier alpha value is -2.04. The van der Waals surface area contributed by atoms with Crippen molar-refractivity contribution >= 4 is 11.4 Å². The quantitative estimate of drug-likeness (QED) is 0.856. The number of hydrogen-bond donors (Lipinski definition) is 2. The molecule has 0 saturated carbocycles. The molecule has 0 saturated heterocycles. The van der Waals surface area contributed by atoms with Crippen LogP contribution in [-0.2, 0) is 0 Å². The topological polar surface area (TPSA) is 38.7 Å². The minimum Gasteiger partial charge on any atom is -0.389 e. The molecule has 0 spiro atoms. The van der Waals surface area contributed by atoms with Gasteiger partial charge in [-0.15, -0.1) is 0 Å². The summed E-state index contributed by atoms with van der Waals surface area (Å²) in [6.45, 7) is 5.76. The normalized spacial score (nSPS) is 16.4. The predicted octanol–water partition coefficient (Wildman–Crippen LogP) is 3.00. The monoisotopic (exact) mass is 325 g/mol. The zero-order valence-electron chi connectivity index (χ0n) is 14.7. The van der Waals surface area contributed by atoms with Gasteiger partial charge < -0.3 is 20.2 Å². The largest absolute Gasteiger partial charge is 0.389 e. The Balaban J connectivity index is 2.02. The van der Waals surface area contributed by atoms with E-state index in [4.69, 9.17) is 0 Å². The number of nitrogens with zero attached hydrogens (tertiary/aromatic N) is 2. The molecule has 0 fully saturated rings. The fraction of sp³-hybridized carbons (Fsp3) is 0.400. The second-order valence-electron chi connectivity index (χ2n) is 6.64. The molecular weight excluding hydrogens is 298 g/mol. The van der Waals surface area contributed by atoms with Gasteiger partial charge in [0.25, 0.3) is 0 Å². The van der Waals surface area contributed by atoms with Gasteiger partial charge in [0.15, 0.2) is 0 Å². The summed E-state index contributed by atoms with van der Waals surface area (Å²) in [7, 11) is 1.88. The maximum atomic E-state index is 10.9. The van der Waals surface area contributed by atoms with Gasteiger partial charge in [0.05, 0.1) is 30.2 Å². The molecule has 0 amide bonds. The Morgan fingerprint density at radius 1 is 0.958 bits per heavy atom. The summed E-state index contributed by atoms with van der Waals surface area (Å²) >= 11 is 0. The van der Waals surface area contributed by atoms with Crippen molar-refractivity contribution < 1.29 is 5.11 Å². The minimum atomic E-state index is -0.488. The Kier molecular flexibility index (Phi) is 5.07. The van der Waals surface area contributed by atoms with E-state index < -0.39 is 6.10 Å². The van der Waals surface area contributed by atoms with Gasteiger partial charge in [-0.3, -0.25) is 0 Å². The fourth-order valence-electron chi connectivity index (χ4n) is 3.53. The molecule has 2 aromatic carbocycles. The zero-order valence-corrected chi connectivity index (χ0v) is 14.7. The van der Waals surface area contributed by atoms with Crippen LogP contribution in [0.2, 0.25) is 0 Å². The summed E-state index contributed by atoms with van der Waals surface area (Å²) in [6.07, 6.45) is -0.488. The lowest BCUT2D eigenvalue weighted by Gasteiger charge is -2.35. The molecular formula is C20H27N3O. The maximum absolute atomic E-state index is 10.9. The van der Waals surface area contributed by atoms with E-state index in [2.05, 4.69) is 65.4 Å². The first-order chi connectivity index (χ1) is 11.6. The van der Waals surface area contributed by atoms with Crippen molar-refractivity contribution in [1.29, 1.82) is 0 Å². The van der Waals surface area contributed by atoms with Crippen LogP contribution in [0.1, 0.15) is 25.5 Å². The van der Waals surface area contributed by atoms with Crippen LogP contribution in [0.5, 0.6) is 0 Å². The average molecular weight is 325 g/mol. The van der Waals surface area contributed by atoms with Crippen LogP contribution >= 0.6 is 0 Å². The highest BCUT2D eigenvalue weighted by atomic mass is 16.3. The summed E-state index contributed by atoms with van der Waals surface area (Å²) in [5.41, 5.74) is 3.57. The lowest BCUT2D eigenvalue weighted by Crippen LogP contribution is -2.44. The van der Waals surface area contributed by atoms with Crippen molar-refractivity contribution in [1.82, 2.24) is 5.32 Å². The second-order valence-corrected chi connectivity index (χ2v) is 6.64. The van der Waals surface area contributed by atoms with Gasteiger partial charge in [0.2, 0.25) is 0 Å². The molecule has 1 aliphatic heterocycles. The Morgan fingerprint density at radius 2 is 1.54 bits per heavy atom. The Bertz CT molecular complexity index is 659. The number of para-hydroxylation sites is 2. The summed E-state index contributed by atoms with van der Waals surface area (Å²) in [5.74, 6) is 0. The van der Waals surface area contributed by atoms with Gasteiger partial charge in [-0.25, -0.2) is 0 Å². The van der Waals surface area contributed by atoms with E-state index >= 15 is 0 Å². The SMILES string of the molecule is CNCC(O)C(c1ccccc1)N1CN(C(C)C)c2ccccc21. The van der Waals surface area contributed by atoms with Gasteiger partial charge in [-0.05, 0) is 38.6 Å². The van der Waals surface area contributed by atoms with Crippen molar-refractivity contribution in [3.63, 3.8) is 0 Å². The van der Waals surface area contributed by atoms with Crippen molar-refractivity contribution in [2.75, 3.05) is 30.1 Å². The zero-order chi connectivity index (χ0) is 17.1. The van der Waals surface area contributed by atoms with E-state index in [0.717, 1.165) is 12.2 Å². The van der Waals surface area contributed by atoms with E-state index in [1.165, 1.54) is 11.4 Å². The number of aliphatic hydroxyl groups is 1. The number of likely N-dealkylation sites (N-methyl/N-ethyl adjacent to an activating group) is 1. The van der Waals surface area contributed by atoms with Gasteiger partial charge in [-0.1, -0.05) is 42.5 Å². The van der Waals surface area contributed by atoms with E-state index in [-0.39, 0.29) is 6.04 Å². The highest BCUT2D eigenvalue weighted by Crippen LogP contribution is 2.42. The number of anilines is 2. The molecule has 4 heteroatoms. The van der Waals surface area contributed by atoms with Gasteiger partial charge in [-0.2, -0.15) is 0 Å². The lowest BCUT2D eigenvalue weighted by atomic mass is 9.99. The molecule has 1 aliphatic rings. The van der Waals surface area contributed by atoms with Gasteiger partial charge in [0.1, 0.15) is 0 Å². The summed E-state index contributed by atoms with van der Waals surface area (Å²) < 4.78 is 0. The van der Waals surface area contributed by atoms with Crippen LogP contribution in [0, 0.1) is 0 Å². The third-order valence-corrected chi connectivity index (χ3v) is 4.68. The molecule has 1 heterocycles. The summed E-state index contributed by atoms with van der Waals surface area (Å²) in [4.78, 5) is 4.71. The number of rotatable bonds is 6. The van der Waals surface area contributed by atoms with Crippen molar-refractivity contribution in [3.05, 3.63) is 60.2 Å². The van der Waals surface area contributed by atoms with E-state index in [9.17, 15) is 5.11 Å². The average Bonchev–Trinajstić information content (AvgIpc) is 2.96. The molecule has 0 aromatic heterocycles. The molecule has 4 nitrogen and oxygen atoms in total. The van der Waals surface area contributed by atoms with Crippen LogP contribution in [0.3, 0.4) is 0 Å². The third kappa shape index (κ3) is 3.12. The maximum Gasteiger partial charge on any atom is 0.0914 e. The lowest BCUT2D eigenvalue weighted by molar-refractivity contribution is 0.141. The Morgan fingerprint density at radius 3 is 2.12 bits per heavy atom. The van der Waals surface area contributed by atoms with Crippen LogP contribution in [0.4, 0.5) is 11.4 Å². The van der Waals surface area contributed by atoms with Gasteiger partial charge >= 0.3 is 0 Å². The summed E-state index contributed by atoms with van der Waals surface area (Å²) in [6, 6.07) is 19.1. The van der Waals surface area contributed by atoms with Gasteiger partial charge in [0, 0.05) is 12.6 Å². The molecule has 3 rings (SSSR count).